The average Bonchev–Trinajstić information content (AvgIpc) is 2.97. The molecule has 96 valence electrons. The number of rotatable bonds is 4. The van der Waals surface area contributed by atoms with Crippen LogP contribution in [0.2, 0.25) is 0 Å². The van der Waals surface area contributed by atoms with E-state index in [-0.39, 0.29) is 8.68 Å². The molecule has 8 nitrogen and oxygen atoms in total. The lowest BCUT2D eigenvalue weighted by Crippen LogP contribution is -2.00. The first-order valence-electron chi connectivity index (χ1n) is 4.18. The van der Waals surface area contributed by atoms with Crippen LogP contribution in [0.3, 0.4) is 0 Å². The zero-order valence-electron chi connectivity index (χ0n) is 8.63. The number of aromatic nitrogens is 3. The molecule has 0 N–H and O–H groups in total. The zero-order chi connectivity index (χ0) is 13.3. The Hall–Kier alpha value is -0.790. The Labute approximate surface area is 115 Å². The molecular weight excluding hydrogens is 320 g/mol. The fourth-order valence-electron chi connectivity index (χ4n) is 0.889. The molecule has 0 spiro atoms. The molecule has 0 bridgehead atoms. The normalized spacial score (nSPS) is 14.4. The minimum absolute atomic E-state index is 0.00415. The first-order chi connectivity index (χ1) is 8.49. The average molecular weight is 324 g/mol. The summed E-state index contributed by atoms with van der Waals surface area (Å²) in [5.41, 5.74) is 0. The molecule has 0 amide bonds. The molecule has 0 saturated heterocycles. The Kier molecular flexibility index (Phi) is 4.14. The van der Waals surface area contributed by atoms with Crippen LogP contribution in [0, 0.1) is 10.1 Å². The van der Waals surface area contributed by atoms with Crippen molar-refractivity contribution in [2.75, 3.05) is 6.26 Å². The summed E-state index contributed by atoms with van der Waals surface area (Å²) in [4.78, 5) is 13.6. The third-order valence-electron chi connectivity index (χ3n) is 1.62. The molecule has 2 aromatic rings. The van der Waals surface area contributed by atoms with Crippen LogP contribution in [0.25, 0.3) is 0 Å². The predicted octanol–water partition coefficient (Wildman–Crippen LogP) is 0.807. The Bertz CT molecular complexity index is 569. The van der Waals surface area contributed by atoms with Gasteiger partial charge in [0, 0.05) is 16.4 Å². The third-order valence-corrected chi connectivity index (χ3v) is 6.73. The summed E-state index contributed by atoms with van der Waals surface area (Å²) in [6.07, 6.45) is 2.85. The Morgan fingerprint density at radius 3 is 2.50 bits per heavy atom. The summed E-state index contributed by atoms with van der Waals surface area (Å²) in [7, 11) is 0. The van der Waals surface area contributed by atoms with E-state index < -0.39 is 32.4 Å². The summed E-state index contributed by atoms with van der Waals surface area (Å²) >= 11 is -1.28. The molecule has 2 aromatic heterocycles. The second-order valence-electron chi connectivity index (χ2n) is 2.78. The van der Waals surface area contributed by atoms with E-state index in [4.69, 9.17) is 0 Å². The van der Waals surface area contributed by atoms with Crippen LogP contribution < -0.4 is 0 Å². The molecule has 0 aliphatic carbocycles. The van der Waals surface area contributed by atoms with Gasteiger partial charge in [-0.3, -0.25) is 0 Å². The van der Waals surface area contributed by atoms with Crippen molar-refractivity contribution in [2.24, 2.45) is 0 Å². The zero-order valence-corrected chi connectivity index (χ0v) is 11.9. The van der Waals surface area contributed by atoms with Crippen molar-refractivity contribution in [3.63, 3.8) is 0 Å². The highest BCUT2D eigenvalue weighted by Gasteiger charge is 2.30. The van der Waals surface area contributed by atoms with Crippen molar-refractivity contribution in [2.45, 2.75) is 12.9 Å². The highest BCUT2D eigenvalue weighted by molar-refractivity contribution is 7.96. The number of thiazole rings is 1. The van der Waals surface area contributed by atoms with Crippen LogP contribution in [0.4, 0.5) is 5.13 Å². The van der Waals surface area contributed by atoms with Gasteiger partial charge in [-0.2, -0.15) is 4.98 Å². The number of nitro groups is 1. The van der Waals surface area contributed by atoms with Gasteiger partial charge in [-0.1, -0.05) is 0 Å². The van der Waals surface area contributed by atoms with Crippen LogP contribution in [0.1, 0.15) is 0 Å². The summed E-state index contributed by atoms with van der Waals surface area (Å²) < 4.78 is 23.8. The van der Waals surface area contributed by atoms with Gasteiger partial charge in [-0.15, -0.1) is 0 Å². The highest BCUT2D eigenvalue weighted by Crippen LogP contribution is 2.30. The molecule has 2 heterocycles. The van der Waals surface area contributed by atoms with Gasteiger partial charge >= 0.3 is 13.8 Å². The first kappa shape index (κ1) is 13.6. The van der Waals surface area contributed by atoms with E-state index >= 15 is 0 Å². The van der Waals surface area contributed by atoms with E-state index in [2.05, 4.69) is 15.2 Å². The molecule has 0 aliphatic heterocycles. The first-order valence-corrected chi connectivity index (χ1v) is 8.52. The molecule has 18 heavy (non-hydrogen) atoms. The van der Waals surface area contributed by atoms with Crippen molar-refractivity contribution in [1.29, 1.82) is 0 Å². The largest absolute Gasteiger partial charge is 0.611 e. The minimum Gasteiger partial charge on any atom is -0.611 e. The monoisotopic (exact) mass is 324 g/mol. The van der Waals surface area contributed by atoms with Gasteiger partial charge in [0.05, 0.1) is 17.4 Å². The number of hydrogen-bond donors (Lipinski definition) is 0. The summed E-state index contributed by atoms with van der Waals surface area (Å²) in [5, 5.41) is 16.8. The quantitative estimate of drug-likeness (QED) is 0.462. The van der Waals surface area contributed by atoms with E-state index in [0.717, 1.165) is 11.3 Å². The van der Waals surface area contributed by atoms with E-state index in [1.54, 1.807) is 0 Å². The molecule has 0 fully saturated rings. The Morgan fingerprint density at radius 2 is 2.00 bits per heavy atom. The molecule has 0 aliphatic rings. The molecule has 2 atom stereocenters. The summed E-state index contributed by atoms with van der Waals surface area (Å²) in [5.74, 6) is 0. The molecule has 0 aromatic carbocycles. The van der Waals surface area contributed by atoms with E-state index in [1.807, 2.05) is 0 Å². The predicted molar refractivity (Wildman–Crippen MR) is 65.7 cm³/mol. The fourth-order valence-corrected chi connectivity index (χ4v) is 4.87. The van der Waals surface area contributed by atoms with Gasteiger partial charge in [0.25, 0.3) is 0 Å². The van der Waals surface area contributed by atoms with Gasteiger partial charge in [0.1, 0.15) is 11.4 Å². The third kappa shape index (κ3) is 2.78. The second kappa shape index (κ2) is 5.46. The topological polar surface area (TPSA) is 128 Å². The smallest absolute Gasteiger partial charge is 0.454 e. The molecular formula is C6H4N4O4S4. The van der Waals surface area contributed by atoms with E-state index in [9.17, 15) is 19.2 Å². The molecule has 2 rings (SSSR count). The maximum atomic E-state index is 12.0. The highest BCUT2D eigenvalue weighted by atomic mass is 32.3. The fraction of sp³-hybridized carbons (Fsp3) is 0.167. The SMILES string of the molecule is C[S+]([O-])c1cnc([S+]([O-])c2nnc([N+](=O)[O-])s2)s1. The van der Waals surface area contributed by atoms with Gasteiger partial charge < -0.3 is 19.2 Å². The maximum absolute atomic E-state index is 12.0. The van der Waals surface area contributed by atoms with Crippen molar-refractivity contribution < 1.29 is 14.0 Å². The van der Waals surface area contributed by atoms with Crippen LogP contribution in [-0.2, 0) is 22.4 Å². The number of hydrogen-bond acceptors (Lipinski definition) is 9. The Morgan fingerprint density at radius 1 is 1.28 bits per heavy atom. The van der Waals surface area contributed by atoms with E-state index in [0.29, 0.717) is 15.5 Å². The Balaban J connectivity index is 2.23. The molecule has 0 radical (unpaired) electrons. The van der Waals surface area contributed by atoms with Gasteiger partial charge in [-0.05, 0) is 27.4 Å². The van der Waals surface area contributed by atoms with Crippen LogP contribution in [0.5, 0.6) is 0 Å². The molecule has 2 unspecified atom stereocenters. The standard InChI is InChI=1S/C6H4N4O4S4/c1-17(13)3-2-7-5(15-3)18(14)6-9-8-4(16-6)10(11)12/h2H,1H3. The summed E-state index contributed by atoms with van der Waals surface area (Å²) in [6, 6.07) is 0. The second-order valence-corrected chi connectivity index (χ2v) is 8.20. The maximum Gasteiger partial charge on any atom is 0.454 e. The lowest BCUT2D eigenvalue weighted by atomic mass is 11.0. The lowest BCUT2D eigenvalue weighted by Gasteiger charge is -1.99. The van der Waals surface area contributed by atoms with Crippen LogP contribution in [0.15, 0.2) is 19.1 Å². The van der Waals surface area contributed by atoms with Crippen molar-refractivity contribution in [1.82, 2.24) is 15.2 Å². The lowest BCUT2D eigenvalue weighted by molar-refractivity contribution is -0.385. The van der Waals surface area contributed by atoms with Gasteiger partial charge in [0.2, 0.25) is 4.21 Å². The van der Waals surface area contributed by atoms with Gasteiger partial charge in [-0.25, -0.2) is 0 Å². The minimum atomic E-state index is -1.72. The summed E-state index contributed by atoms with van der Waals surface area (Å²) in [6.45, 7) is 0. The molecule has 12 heteroatoms. The van der Waals surface area contributed by atoms with E-state index in [1.165, 1.54) is 12.5 Å². The van der Waals surface area contributed by atoms with Crippen LogP contribution in [-0.4, -0.2) is 35.5 Å². The number of nitrogens with zero attached hydrogens (tertiary/aromatic N) is 4. The van der Waals surface area contributed by atoms with Crippen molar-refractivity contribution in [3.05, 3.63) is 16.3 Å². The molecule has 0 saturated carbocycles. The van der Waals surface area contributed by atoms with Crippen molar-refractivity contribution >= 4 is 50.2 Å². The van der Waals surface area contributed by atoms with Crippen LogP contribution >= 0.6 is 22.7 Å². The van der Waals surface area contributed by atoms with Crippen molar-refractivity contribution in [3.8, 4) is 0 Å². The van der Waals surface area contributed by atoms with Gasteiger partial charge in [0.15, 0.2) is 0 Å².